The van der Waals surface area contributed by atoms with Crippen LogP contribution in [0.4, 0.5) is 10.7 Å². The third-order valence-electron chi connectivity index (χ3n) is 5.88. The number of carboxylic acid groups (broad SMARTS) is 1. The normalized spacial score (nSPS) is 11.1. The van der Waals surface area contributed by atoms with Gasteiger partial charge in [0, 0.05) is 0 Å². The van der Waals surface area contributed by atoms with E-state index < -0.39 is 12.1 Å². The van der Waals surface area contributed by atoms with Crippen molar-refractivity contribution in [3.63, 3.8) is 0 Å². The number of hydrogen-bond acceptors (Lipinski definition) is 6. The number of carbonyl (C=O) groups excluding carboxylic acids is 1. The fourth-order valence-corrected chi connectivity index (χ4v) is 4.35. The van der Waals surface area contributed by atoms with E-state index in [4.69, 9.17) is 9.72 Å². The Balaban J connectivity index is 1.63. The molecule has 0 aliphatic carbocycles. The maximum absolute atomic E-state index is 12.6. The predicted molar refractivity (Wildman–Crippen MR) is 136 cm³/mol. The second kappa shape index (κ2) is 9.91. The highest BCUT2D eigenvalue weighted by Gasteiger charge is 2.25. The molecule has 9 nitrogen and oxygen atoms in total. The molecule has 0 bridgehead atoms. The predicted octanol–water partition coefficient (Wildman–Crippen LogP) is 4.53. The minimum atomic E-state index is -1.15. The van der Waals surface area contributed by atoms with Crippen LogP contribution in [0.2, 0.25) is 0 Å². The summed E-state index contributed by atoms with van der Waals surface area (Å²) >= 11 is 0. The van der Waals surface area contributed by atoms with E-state index in [0.29, 0.717) is 23.5 Å². The highest BCUT2D eigenvalue weighted by atomic mass is 16.5. The Hall–Kier alpha value is -4.66. The van der Waals surface area contributed by atoms with E-state index in [1.54, 1.807) is 36.1 Å². The topological polar surface area (TPSA) is 102 Å². The van der Waals surface area contributed by atoms with Crippen LogP contribution in [-0.4, -0.2) is 49.4 Å². The molecule has 0 saturated heterocycles. The van der Waals surface area contributed by atoms with Crippen molar-refractivity contribution in [3.8, 4) is 0 Å². The number of rotatable bonds is 8. The molecule has 0 fully saturated rings. The number of para-hydroxylation sites is 4. The number of aromatic nitrogens is 4. The van der Waals surface area contributed by atoms with Crippen LogP contribution >= 0.6 is 0 Å². The van der Waals surface area contributed by atoms with E-state index in [1.807, 2.05) is 59.2 Å². The van der Waals surface area contributed by atoms with Crippen LogP contribution in [0.5, 0.6) is 0 Å². The van der Waals surface area contributed by atoms with Crippen molar-refractivity contribution >= 4 is 40.1 Å². The lowest BCUT2D eigenvalue weighted by Crippen LogP contribution is -2.34. The first-order valence-corrected chi connectivity index (χ1v) is 11.6. The van der Waals surface area contributed by atoms with E-state index in [2.05, 4.69) is 4.98 Å². The molecule has 0 atom stereocenters. The number of ether oxygens (including phenoxy) is 1. The number of hydrogen-bond donors (Lipinski definition) is 1. The van der Waals surface area contributed by atoms with Crippen molar-refractivity contribution in [2.75, 3.05) is 18.1 Å². The third-order valence-corrected chi connectivity index (χ3v) is 5.88. The molecule has 0 aliphatic heterocycles. The van der Waals surface area contributed by atoms with E-state index in [0.717, 1.165) is 21.2 Å². The van der Waals surface area contributed by atoms with Crippen molar-refractivity contribution in [3.05, 3.63) is 90.3 Å². The van der Waals surface area contributed by atoms with Crippen LogP contribution < -0.4 is 4.90 Å². The van der Waals surface area contributed by atoms with E-state index in [-0.39, 0.29) is 25.5 Å². The molecule has 0 unspecified atom stereocenters. The maximum atomic E-state index is 12.6. The standard InChI is InChI=1S/C27H25N5O4/c1-2-36-25(33)18-30(17-24-28-21-13-7-9-15-23(21)32(24)27(34)35)26-29-20-12-6-8-14-22(20)31(26)16-19-10-4-3-5-11-19/h3-15H,2,16-18H2,1H3,(H,34,35). The molecule has 9 heteroatoms. The number of benzene rings is 3. The summed E-state index contributed by atoms with van der Waals surface area (Å²) in [6, 6.07) is 24.7. The first-order chi connectivity index (χ1) is 17.5. The quantitative estimate of drug-likeness (QED) is 0.324. The number of imidazole rings is 2. The van der Waals surface area contributed by atoms with Crippen molar-refractivity contribution in [2.24, 2.45) is 0 Å². The second-order valence-corrected chi connectivity index (χ2v) is 8.27. The zero-order valence-corrected chi connectivity index (χ0v) is 19.7. The zero-order chi connectivity index (χ0) is 25.1. The summed E-state index contributed by atoms with van der Waals surface area (Å²) in [5.41, 5.74) is 3.77. The summed E-state index contributed by atoms with van der Waals surface area (Å²) in [4.78, 5) is 36.0. The first kappa shape index (κ1) is 23.1. The van der Waals surface area contributed by atoms with Gasteiger partial charge in [-0.25, -0.2) is 19.3 Å². The fourth-order valence-electron chi connectivity index (χ4n) is 4.35. The lowest BCUT2D eigenvalue weighted by atomic mass is 10.2. The van der Waals surface area contributed by atoms with E-state index >= 15 is 0 Å². The molecule has 0 amide bonds. The summed E-state index contributed by atoms with van der Waals surface area (Å²) in [6.07, 6.45) is -1.15. The molecular formula is C27H25N5O4. The van der Waals surface area contributed by atoms with Gasteiger partial charge < -0.3 is 19.3 Å². The molecule has 0 spiro atoms. The molecule has 2 heterocycles. The van der Waals surface area contributed by atoms with Gasteiger partial charge in [-0.2, -0.15) is 0 Å². The lowest BCUT2D eigenvalue weighted by molar-refractivity contribution is -0.141. The van der Waals surface area contributed by atoms with Gasteiger partial charge in [0.25, 0.3) is 0 Å². The van der Waals surface area contributed by atoms with Gasteiger partial charge in [-0.3, -0.25) is 4.79 Å². The van der Waals surface area contributed by atoms with Crippen LogP contribution in [0.15, 0.2) is 78.9 Å². The van der Waals surface area contributed by atoms with Gasteiger partial charge in [-0.15, -0.1) is 0 Å². The van der Waals surface area contributed by atoms with Crippen molar-refractivity contribution in [2.45, 2.75) is 20.0 Å². The molecule has 182 valence electrons. The minimum Gasteiger partial charge on any atom is -0.465 e. The SMILES string of the molecule is CCOC(=O)CN(Cc1nc2ccccc2n1C(=O)O)c1nc2ccccc2n1Cc1ccccc1. The van der Waals surface area contributed by atoms with Crippen LogP contribution in [0, 0.1) is 0 Å². The average molecular weight is 484 g/mol. The summed E-state index contributed by atoms with van der Waals surface area (Å²) < 4.78 is 8.42. The molecule has 5 aromatic rings. The Kier molecular flexibility index (Phi) is 6.36. The molecule has 0 saturated carbocycles. The first-order valence-electron chi connectivity index (χ1n) is 11.6. The van der Waals surface area contributed by atoms with Gasteiger partial charge in [0.15, 0.2) is 0 Å². The number of esters is 1. The Bertz CT molecular complexity index is 1540. The number of nitrogens with zero attached hydrogens (tertiary/aromatic N) is 5. The van der Waals surface area contributed by atoms with Gasteiger partial charge in [0.2, 0.25) is 5.95 Å². The van der Waals surface area contributed by atoms with Crippen LogP contribution in [0.3, 0.4) is 0 Å². The molecule has 36 heavy (non-hydrogen) atoms. The van der Waals surface area contributed by atoms with Crippen LogP contribution in [0.25, 0.3) is 22.1 Å². The van der Waals surface area contributed by atoms with Gasteiger partial charge in [-0.1, -0.05) is 54.6 Å². The van der Waals surface area contributed by atoms with Gasteiger partial charge in [0.1, 0.15) is 12.4 Å². The van der Waals surface area contributed by atoms with Gasteiger partial charge in [-0.05, 0) is 36.8 Å². The minimum absolute atomic E-state index is 0.0396. The van der Waals surface area contributed by atoms with Crippen LogP contribution in [0.1, 0.15) is 18.3 Å². The van der Waals surface area contributed by atoms with Crippen molar-refractivity contribution < 1.29 is 19.4 Å². The molecule has 0 radical (unpaired) electrons. The number of carbonyl (C=O) groups is 2. The highest BCUT2D eigenvalue weighted by Crippen LogP contribution is 2.26. The zero-order valence-electron chi connectivity index (χ0n) is 19.7. The summed E-state index contributed by atoms with van der Waals surface area (Å²) in [6.45, 7) is 2.43. The largest absolute Gasteiger partial charge is 0.465 e. The Morgan fingerprint density at radius 1 is 0.889 bits per heavy atom. The van der Waals surface area contributed by atoms with Gasteiger partial charge >= 0.3 is 12.1 Å². The van der Waals surface area contributed by atoms with E-state index in [1.165, 1.54) is 0 Å². The molecule has 5 rings (SSSR count). The summed E-state index contributed by atoms with van der Waals surface area (Å²) in [5.74, 6) is 0.372. The molecule has 1 N–H and O–H groups in total. The lowest BCUT2D eigenvalue weighted by Gasteiger charge is -2.23. The Morgan fingerprint density at radius 3 is 2.22 bits per heavy atom. The summed E-state index contributed by atoms with van der Waals surface area (Å²) in [7, 11) is 0. The Labute approximate surface area is 207 Å². The summed E-state index contributed by atoms with van der Waals surface area (Å²) in [5, 5.41) is 9.96. The highest BCUT2D eigenvalue weighted by molar-refractivity contribution is 5.87. The molecule has 2 aromatic heterocycles. The fraction of sp³-hybridized carbons (Fsp3) is 0.185. The van der Waals surface area contributed by atoms with Crippen LogP contribution in [-0.2, 0) is 22.6 Å². The van der Waals surface area contributed by atoms with Gasteiger partial charge in [0.05, 0.1) is 41.8 Å². The van der Waals surface area contributed by atoms with E-state index in [9.17, 15) is 14.7 Å². The maximum Gasteiger partial charge on any atom is 0.417 e. The monoisotopic (exact) mass is 483 g/mol. The smallest absolute Gasteiger partial charge is 0.417 e. The number of fused-ring (bicyclic) bond motifs is 2. The third kappa shape index (κ3) is 4.50. The average Bonchev–Trinajstić information content (AvgIpc) is 3.42. The van der Waals surface area contributed by atoms with Crippen molar-refractivity contribution in [1.82, 2.24) is 19.1 Å². The second-order valence-electron chi connectivity index (χ2n) is 8.27. The number of anilines is 1. The Morgan fingerprint density at radius 2 is 1.53 bits per heavy atom. The molecule has 0 aliphatic rings. The molecule has 3 aromatic carbocycles. The van der Waals surface area contributed by atoms with Crippen molar-refractivity contribution in [1.29, 1.82) is 0 Å². The molecular weight excluding hydrogens is 458 g/mol.